The van der Waals surface area contributed by atoms with Gasteiger partial charge in [-0.05, 0) is 31.7 Å². The Morgan fingerprint density at radius 2 is 1.82 bits per heavy atom. The molecule has 0 saturated heterocycles. The molecule has 0 spiro atoms. The van der Waals surface area contributed by atoms with Crippen LogP contribution in [0.3, 0.4) is 0 Å². The molecular formula is C27H27F4N3O4. The lowest BCUT2D eigenvalue weighted by molar-refractivity contribution is -0.154. The lowest BCUT2D eigenvalue weighted by Gasteiger charge is -2.25. The minimum Gasteiger partial charge on any atom is -0.481 e. The van der Waals surface area contributed by atoms with E-state index in [1.54, 1.807) is 30.3 Å². The number of anilines is 1. The Labute approximate surface area is 216 Å². The molecule has 1 heterocycles. The number of amides is 2. The SMILES string of the molecule is Cc1ccc(C2=NC(NC(=O)C(CCC(F)(F)F)C(CC3CC3)C(=O)O)C(=O)Nc3c(F)cccc32)cc1. The minimum absolute atomic E-state index is 0.0297. The number of rotatable bonds is 9. The molecule has 11 heteroatoms. The maximum absolute atomic E-state index is 14.7. The number of para-hydroxylation sites is 1. The van der Waals surface area contributed by atoms with E-state index in [1.165, 1.54) is 6.07 Å². The Morgan fingerprint density at radius 1 is 1.13 bits per heavy atom. The van der Waals surface area contributed by atoms with Gasteiger partial charge in [-0.15, -0.1) is 0 Å². The van der Waals surface area contributed by atoms with Crippen molar-refractivity contribution < 1.29 is 37.1 Å². The van der Waals surface area contributed by atoms with Crippen LogP contribution in [0.1, 0.15) is 48.8 Å². The molecule has 0 aromatic heterocycles. The van der Waals surface area contributed by atoms with Gasteiger partial charge in [-0.3, -0.25) is 14.4 Å². The van der Waals surface area contributed by atoms with Gasteiger partial charge in [0.1, 0.15) is 5.82 Å². The molecule has 4 rings (SSSR count). The summed E-state index contributed by atoms with van der Waals surface area (Å²) in [7, 11) is 0. The van der Waals surface area contributed by atoms with E-state index in [1.807, 2.05) is 6.92 Å². The molecule has 3 N–H and O–H groups in total. The van der Waals surface area contributed by atoms with E-state index in [-0.39, 0.29) is 29.3 Å². The van der Waals surface area contributed by atoms with E-state index in [9.17, 15) is 37.1 Å². The maximum Gasteiger partial charge on any atom is 0.389 e. The Bertz CT molecular complexity index is 1260. The van der Waals surface area contributed by atoms with Gasteiger partial charge in [0, 0.05) is 17.5 Å². The monoisotopic (exact) mass is 533 g/mol. The second-order valence-corrected chi connectivity index (χ2v) is 9.79. The zero-order chi connectivity index (χ0) is 27.6. The number of carboxylic acid groups (broad SMARTS) is 1. The largest absolute Gasteiger partial charge is 0.481 e. The molecule has 1 saturated carbocycles. The number of hydrogen-bond donors (Lipinski definition) is 3. The number of carbonyl (C=O) groups is 3. The number of carboxylic acids is 1. The van der Waals surface area contributed by atoms with Gasteiger partial charge < -0.3 is 15.7 Å². The van der Waals surface area contributed by atoms with E-state index < -0.39 is 60.6 Å². The second kappa shape index (κ2) is 10.9. The predicted octanol–water partition coefficient (Wildman–Crippen LogP) is 4.83. The standard InChI is InChI=1S/C27H27F4N3O4/c1-14-5-9-16(10-6-14)21-18-3-2-4-20(28)22(18)33-25(36)23(32-21)34-24(35)17(11-12-27(29,30)31)19(26(37)38)13-15-7-8-15/h2-6,9-10,15,17,19,23H,7-8,11-13H2,1H3,(H,33,36)(H,34,35)(H,37,38). The van der Waals surface area contributed by atoms with Crippen molar-refractivity contribution in [3.8, 4) is 0 Å². The summed E-state index contributed by atoms with van der Waals surface area (Å²) in [4.78, 5) is 42.7. The molecule has 1 aliphatic carbocycles. The third kappa shape index (κ3) is 6.56. The lowest BCUT2D eigenvalue weighted by Crippen LogP contribution is -2.47. The molecule has 2 aliphatic rings. The third-order valence-corrected chi connectivity index (χ3v) is 6.79. The van der Waals surface area contributed by atoms with Crippen LogP contribution in [0.2, 0.25) is 0 Å². The Kier molecular flexibility index (Phi) is 7.84. The Morgan fingerprint density at radius 3 is 2.42 bits per heavy atom. The molecule has 2 amide bonds. The molecular weight excluding hydrogens is 506 g/mol. The normalized spacial score (nSPS) is 18.9. The summed E-state index contributed by atoms with van der Waals surface area (Å²) in [5.74, 6) is -6.90. The zero-order valence-electron chi connectivity index (χ0n) is 20.5. The van der Waals surface area contributed by atoms with Crippen molar-refractivity contribution in [2.75, 3.05) is 5.32 Å². The van der Waals surface area contributed by atoms with Crippen LogP contribution in [0.25, 0.3) is 0 Å². The number of nitrogens with one attached hydrogen (secondary N) is 2. The lowest BCUT2D eigenvalue weighted by atomic mass is 9.83. The summed E-state index contributed by atoms with van der Waals surface area (Å²) < 4.78 is 53.8. The predicted molar refractivity (Wildman–Crippen MR) is 131 cm³/mol. The van der Waals surface area contributed by atoms with Crippen molar-refractivity contribution in [3.63, 3.8) is 0 Å². The van der Waals surface area contributed by atoms with Crippen molar-refractivity contribution in [2.24, 2.45) is 22.7 Å². The number of hydrogen-bond acceptors (Lipinski definition) is 4. The molecule has 0 bridgehead atoms. The number of carbonyl (C=O) groups excluding carboxylic acids is 2. The first-order chi connectivity index (χ1) is 17.9. The number of alkyl halides is 3. The van der Waals surface area contributed by atoms with Gasteiger partial charge in [-0.25, -0.2) is 9.38 Å². The number of nitrogens with zero attached hydrogens (tertiary/aromatic N) is 1. The number of benzene rings is 2. The van der Waals surface area contributed by atoms with Gasteiger partial charge >= 0.3 is 12.1 Å². The molecule has 2 aromatic carbocycles. The Hall–Kier alpha value is -3.76. The first-order valence-corrected chi connectivity index (χ1v) is 12.3. The van der Waals surface area contributed by atoms with Gasteiger partial charge in [0.2, 0.25) is 12.1 Å². The molecule has 3 unspecified atom stereocenters. The average molecular weight is 534 g/mol. The van der Waals surface area contributed by atoms with Crippen LogP contribution in [-0.4, -0.2) is 40.9 Å². The molecule has 0 radical (unpaired) electrons. The van der Waals surface area contributed by atoms with Crippen molar-refractivity contribution in [1.29, 1.82) is 0 Å². The highest BCUT2D eigenvalue weighted by atomic mass is 19.4. The fourth-order valence-corrected chi connectivity index (χ4v) is 4.56. The fourth-order valence-electron chi connectivity index (χ4n) is 4.56. The van der Waals surface area contributed by atoms with Crippen LogP contribution in [0.15, 0.2) is 47.5 Å². The van der Waals surface area contributed by atoms with E-state index >= 15 is 0 Å². The highest BCUT2D eigenvalue weighted by molar-refractivity contribution is 6.20. The highest BCUT2D eigenvalue weighted by Crippen LogP contribution is 2.39. The van der Waals surface area contributed by atoms with Gasteiger partial charge in [0.25, 0.3) is 5.91 Å². The van der Waals surface area contributed by atoms with Crippen molar-refractivity contribution in [2.45, 2.75) is 51.4 Å². The average Bonchev–Trinajstić information content (AvgIpc) is 3.67. The smallest absolute Gasteiger partial charge is 0.389 e. The van der Waals surface area contributed by atoms with Gasteiger partial charge in [0.15, 0.2) is 0 Å². The number of aryl methyl sites for hydroxylation is 1. The molecule has 3 atom stereocenters. The highest BCUT2D eigenvalue weighted by Gasteiger charge is 2.41. The van der Waals surface area contributed by atoms with Crippen LogP contribution in [0, 0.1) is 30.5 Å². The summed E-state index contributed by atoms with van der Waals surface area (Å²) in [5, 5.41) is 14.5. The summed E-state index contributed by atoms with van der Waals surface area (Å²) in [6.07, 6.45) is -6.78. The first kappa shape index (κ1) is 27.3. The number of aliphatic carboxylic acids is 1. The van der Waals surface area contributed by atoms with Crippen LogP contribution in [0.4, 0.5) is 23.2 Å². The van der Waals surface area contributed by atoms with E-state index in [2.05, 4.69) is 15.6 Å². The number of fused-ring (bicyclic) bond motifs is 1. The van der Waals surface area contributed by atoms with E-state index in [0.29, 0.717) is 5.56 Å². The van der Waals surface area contributed by atoms with Crippen LogP contribution in [-0.2, 0) is 14.4 Å². The summed E-state index contributed by atoms with van der Waals surface area (Å²) in [5.41, 5.74) is 1.74. The van der Waals surface area contributed by atoms with Crippen LogP contribution < -0.4 is 10.6 Å². The zero-order valence-corrected chi connectivity index (χ0v) is 20.5. The van der Waals surface area contributed by atoms with Crippen LogP contribution in [0.5, 0.6) is 0 Å². The van der Waals surface area contributed by atoms with E-state index in [0.717, 1.165) is 24.5 Å². The topological polar surface area (TPSA) is 108 Å². The molecule has 1 aliphatic heterocycles. The van der Waals surface area contributed by atoms with Crippen LogP contribution >= 0.6 is 0 Å². The third-order valence-electron chi connectivity index (χ3n) is 6.79. The van der Waals surface area contributed by atoms with Crippen molar-refractivity contribution in [3.05, 3.63) is 65.0 Å². The Balaban J connectivity index is 1.69. The van der Waals surface area contributed by atoms with Gasteiger partial charge in [-0.2, -0.15) is 13.2 Å². The molecule has 7 nitrogen and oxygen atoms in total. The summed E-state index contributed by atoms with van der Waals surface area (Å²) >= 11 is 0. The van der Waals surface area contributed by atoms with Gasteiger partial charge in [-0.1, -0.05) is 54.8 Å². The van der Waals surface area contributed by atoms with Gasteiger partial charge in [0.05, 0.1) is 23.2 Å². The molecule has 2 aromatic rings. The fraction of sp³-hybridized carbons (Fsp3) is 0.407. The van der Waals surface area contributed by atoms with Crippen molar-refractivity contribution >= 4 is 29.2 Å². The summed E-state index contributed by atoms with van der Waals surface area (Å²) in [6, 6.07) is 11.1. The van der Waals surface area contributed by atoms with Crippen molar-refractivity contribution in [1.82, 2.24) is 5.32 Å². The second-order valence-electron chi connectivity index (χ2n) is 9.79. The molecule has 38 heavy (non-hydrogen) atoms. The number of benzodiazepines with no additional fused rings is 1. The number of halogens is 4. The first-order valence-electron chi connectivity index (χ1n) is 12.3. The number of aliphatic imine (C=N–C) groups is 1. The summed E-state index contributed by atoms with van der Waals surface area (Å²) in [6.45, 7) is 1.86. The maximum atomic E-state index is 14.7. The minimum atomic E-state index is -4.60. The molecule has 202 valence electrons. The molecule has 1 fully saturated rings. The quantitative estimate of drug-likeness (QED) is 0.402. The van der Waals surface area contributed by atoms with E-state index in [4.69, 9.17) is 0 Å².